The highest BCUT2D eigenvalue weighted by Gasteiger charge is 2.10. The Morgan fingerprint density at radius 1 is 0.900 bits per heavy atom. The van der Waals surface area contributed by atoms with Crippen molar-refractivity contribution in [3.05, 3.63) is 111 Å². The molecular weight excluding hydrogens is 485 g/mol. The quantitative estimate of drug-likeness (QED) is 0.207. The van der Waals surface area contributed by atoms with Crippen molar-refractivity contribution in [2.75, 3.05) is 0 Å². The van der Waals surface area contributed by atoms with Crippen molar-refractivity contribution < 1.29 is 4.79 Å². The molecule has 0 unspecified atom stereocenters. The fourth-order valence-corrected chi connectivity index (χ4v) is 3.62. The van der Waals surface area contributed by atoms with Crippen molar-refractivity contribution in [3.8, 4) is 16.9 Å². The third-order valence-corrected chi connectivity index (χ3v) is 5.50. The average Bonchev–Trinajstić information content (AvgIpc) is 3.17. The van der Waals surface area contributed by atoms with Gasteiger partial charge in [0.1, 0.15) is 0 Å². The second-order valence-electron chi connectivity index (χ2n) is 6.86. The lowest BCUT2D eigenvalue weighted by Crippen LogP contribution is -2.17. The van der Waals surface area contributed by atoms with E-state index in [2.05, 4.69) is 68.9 Å². The molecule has 0 aliphatic carbocycles. The van der Waals surface area contributed by atoms with Gasteiger partial charge in [0.2, 0.25) is 0 Å². The van der Waals surface area contributed by atoms with Crippen LogP contribution in [-0.4, -0.2) is 16.7 Å². The van der Waals surface area contributed by atoms with E-state index in [4.69, 9.17) is 0 Å². The number of aryl methyl sites for hydroxylation is 1. The van der Waals surface area contributed by atoms with Crippen molar-refractivity contribution in [1.29, 1.82) is 0 Å². The molecule has 1 amide bonds. The predicted molar refractivity (Wildman–Crippen MR) is 130 cm³/mol. The lowest BCUT2D eigenvalue weighted by molar-refractivity contribution is 0.0955. The third-order valence-electron chi connectivity index (χ3n) is 4.78. The number of nitrogens with one attached hydrogen (secondary N) is 1. The summed E-state index contributed by atoms with van der Waals surface area (Å²) in [5.41, 5.74) is 8.49. The van der Waals surface area contributed by atoms with Gasteiger partial charge < -0.3 is 4.57 Å². The van der Waals surface area contributed by atoms with Crippen LogP contribution in [0.15, 0.2) is 96.1 Å². The Labute approximate surface area is 189 Å². The van der Waals surface area contributed by atoms with E-state index in [0.717, 1.165) is 31.8 Å². The number of hydrogen-bond acceptors (Lipinski definition) is 2. The number of nitrogens with zero attached hydrogens (tertiary/aromatic N) is 2. The number of halogens is 1. The Balaban J connectivity index is 1.50. The Hall–Kier alpha value is -3.19. The molecule has 148 valence electrons. The fourth-order valence-electron chi connectivity index (χ4n) is 3.26. The van der Waals surface area contributed by atoms with Crippen LogP contribution in [0, 0.1) is 10.5 Å². The number of hydrogen-bond donors (Lipinski definition) is 1. The molecule has 1 N–H and O–H groups in total. The number of hydrazone groups is 1. The summed E-state index contributed by atoms with van der Waals surface area (Å²) in [5, 5.41) is 4.06. The minimum absolute atomic E-state index is 0.240. The molecule has 1 aromatic heterocycles. The predicted octanol–water partition coefficient (Wildman–Crippen LogP) is 5.82. The van der Waals surface area contributed by atoms with Gasteiger partial charge in [0.15, 0.2) is 0 Å². The van der Waals surface area contributed by atoms with E-state index in [0.29, 0.717) is 5.56 Å². The van der Waals surface area contributed by atoms with E-state index in [9.17, 15) is 4.79 Å². The fraction of sp³-hybridized carbons (Fsp3) is 0.0400. The molecular formula is C25H20IN3O. The number of carbonyl (C=O) groups excluding carboxylic acids is 1. The molecule has 30 heavy (non-hydrogen) atoms. The van der Waals surface area contributed by atoms with Gasteiger partial charge in [-0.05, 0) is 89.2 Å². The maximum absolute atomic E-state index is 12.4. The van der Waals surface area contributed by atoms with Crippen LogP contribution in [0.4, 0.5) is 0 Å². The molecule has 4 rings (SSSR count). The van der Waals surface area contributed by atoms with E-state index >= 15 is 0 Å². The highest BCUT2D eigenvalue weighted by atomic mass is 127. The van der Waals surface area contributed by atoms with Gasteiger partial charge in [-0.15, -0.1) is 0 Å². The first kappa shape index (κ1) is 20.1. The van der Waals surface area contributed by atoms with Crippen molar-refractivity contribution in [1.82, 2.24) is 9.99 Å². The van der Waals surface area contributed by atoms with Gasteiger partial charge in [-0.25, -0.2) is 5.43 Å². The van der Waals surface area contributed by atoms with Gasteiger partial charge in [-0.2, -0.15) is 5.10 Å². The minimum Gasteiger partial charge on any atom is -0.314 e. The van der Waals surface area contributed by atoms with Crippen LogP contribution in [0.1, 0.15) is 21.6 Å². The van der Waals surface area contributed by atoms with Crippen LogP contribution in [0.3, 0.4) is 0 Å². The van der Waals surface area contributed by atoms with Gasteiger partial charge in [0, 0.05) is 20.5 Å². The summed E-state index contributed by atoms with van der Waals surface area (Å²) in [6.07, 6.45) is 1.64. The van der Waals surface area contributed by atoms with Crippen LogP contribution in [0.25, 0.3) is 16.9 Å². The molecule has 0 aliphatic rings. The number of amides is 1. The molecule has 4 aromatic rings. The maximum Gasteiger partial charge on any atom is 0.271 e. The molecule has 1 heterocycles. The van der Waals surface area contributed by atoms with Crippen LogP contribution in [0.2, 0.25) is 0 Å². The molecule has 0 atom stereocenters. The Morgan fingerprint density at radius 2 is 1.60 bits per heavy atom. The van der Waals surface area contributed by atoms with E-state index < -0.39 is 0 Å². The summed E-state index contributed by atoms with van der Waals surface area (Å²) >= 11 is 2.25. The number of carbonyl (C=O) groups is 1. The number of benzene rings is 3. The van der Waals surface area contributed by atoms with Gasteiger partial charge in [-0.1, -0.05) is 42.5 Å². The van der Waals surface area contributed by atoms with E-state index in [1.54, 1.807) is 6.21 Å². The maximum atomic E-state index is 12.4. The molecule has 0 aliphatic heterocycles. The Bertz CT molecular complexity index is 1180. The third kappa shape index (κ3) is 4.52. The molecule has 0 saturated heterocycles. The summed E-state index contributed by atoms with van der Waals surface area (Å²) in [6, 6.07) is 29.9. The van der Waals surface area contributed by atoms with Gasteiger partial charge in [0.25, 0.3) is 5.91 Å². The van der Waals surface area contributed by atoms with Crippen LogP contribution < -0.4 is 5.43 Å². The van der Waals surface area contributed by atoms with Crippen LogP contribution in [-0.2, 0) is 0 Å². The minimum atomic E-state index is -0.240. The molecule has 5 heteroatoms. The smallest absolute Gasteiger partial charge is 0.271 e. The van der Waals surface area contributed by atoms with Crippen molar-refractivity contribution >= 4 is 34.7 Å². The second kappa shape index (κ2) is 9.09. The first-order valence-electron chi connectivity index (χ1n) is 9.55. The van der Waals surface area contributed by atoms with Crippen LogP contribution >= 0.6 is 22.6 Å². The van der Waals surface area contributed by atoms with E-state index in [1.807, 2.05) is 66.7 Å². The average molecular weight is 505 g/mol. The van der Waals surface area contributed by atoms with E-state index in [1.165, 1.54) is 0 Å². The van der Waals surface area contributed by atoms with Crippen molar-refractivity contribution in [2.45, 2.75) is 6.92 Å². The number of aromatic nitrogens is 1. The molecule has 0 radical (unpaired) electrons. The van der Waals surface area contributed by atoms with Gasteiger partial charge in [0.05, 0.1) is 11.9 Å². The zero-order chi connectivity index (χ0) is 20.9. The van der Waals surface area contributed by atoms with E-state index in [-0.39, 0.29) is 5.91 Å². The highest BCUT2D eigenvalue weighted by molar-refractivity contribution is 14.1. The first-order valence-corrected chi connectivity index (χ1v) is 10.6. The summed E-state index contributed by atoms with van der Waals surface area (Å²) in [5.74, 6) is -0.240. The van der Waals surface area contributed by atoms with Crippen LogP contribution in [0.5, 0.6) is 0 Å². The lowest BCUT2D eigenvalue weighted by atomic mass is 10.1. The Kier molecular flexibility index (Phi) is 6.09. The zero-order valence-corrected chi connectivity index (χ0v) is 18.6. The first-order chi connectivity index (χ1) is 14.6. The highest BCUT2D eigenvalue weighted by Crippen LogP contribution is 2.26. The molecule has 0 spiro atoms. The lowest BCUT2D eigenvalue weighted by Gasteiger charge is -2.12. The second-order valence-corrected chi connectivity index (χ2v) is 8.10. The topological polar surface area (TPSA) is 46.4 Å². The molecule has 0 bridgehead atoms. The van der Waals surface area contributed by atoms with Crippen molar-refractivity contribution in [3.63, 3.8) is 0 Å². The molecule has 0 saturated carbocycles. The van der Waals surface area contributed by atoms with Crippen molar-refractivity contribution in [2.24, 2.45) is 5.10 Å². The molecule has 4 nitrogen and oxygen atoms in total. The monoisotopic (exact) mass is 505 g/mol. The Morgan fingerprint density at radius 3 is 2.30 bits per heavy atom. The summed E-state index contributed by atoms with van der Waals surface area (Å²) in [6.45, 7) is 2.08. The number of rotatable bonds is 5. The molecule has 0 fully saturated rings. The summed E-state index contributed by atoms with van der Waals surface area (Å²) < 4.78 is 3.34. The standard InChI is InChI=1S/C25H20IN3O/c1-18-7-16-24(20-5-3-2-4-6-20)29(18)23-14-10-21(11-15-23)25(30)28-27-17-19-8-12-22(26)13-9-19/h2-17H,1H3,(H,28,30)/b27-17+. The summed E-state index contributed by atoms with van der Waals surface area (Å²) in [4.78, 5) is 12.4. The van der Waals surface area contributed by atoms with Gasteiger partial charge in [-0.3, -0.25) is 4.79 Å². The zero-order valence-electron chi connectivity index (χ0n) is 16.4. The normalized spacial score (nSPS) is 11.0. The van der Waals surface area contributed by atoms with Gasteiger partial charge >= 0.3 is 0 Å². The molecule has 3 aromatic carbocycles. The SMILES string of the molecule is Cc1ccc(-c2ccccc2)n1-c1ccc(C(=O)N/N=C/c2ccc(I)cc2)cc1. The largest absolute Gasteiger partial charge is 0.314 e. The summed E-state index contributed by atoms with van der Waals surface area (Å²) in [7, 11) is 0.